The van der Waals surface area contributed by atoms with Crippen LogP contribution in [0.15, 0.2) is 30.0 Å². The molecule has 0 aliphatic carbocycles. The van der Waals surface area contributed by atoms with Crippen molar-refractivity contribution in [2.24, 2.45) is 0 Å². The van der Waals surface area contributed by atoms with E-state index < -0.39 is 0 Å². The molecule has 1 aromatic rings. The monoisotopic (exact) mass is 285 g/mol. The van der Waals surface area contributed by atoms with Gasteiger partial charge in [0.2, 0.25) is 0 Å². The molecule has 2 N–H and O–H groups in total. The van der Waals surface area contributed by atoms with E-state index in [0.29, 0.717) is 23.6 Å². The maximum Gasteiger partial charge on any atom is 0.290 e. The predicted octanol–water partition coefficient (Wildman–Crippen LogP) is 3.01. The normalized spacial score (nSPS) is 13.6. The van der Waals surface area contributed by atoms with Crippen LogP contribution >= 0.6 is 0 Å². The number of nitrogens with one attached hydrogen (secondary N) is 2. The van der Waals surface area contributed by atoms with E-state index in [0.717, 1.165) is 31.5 Å². The van der Waals surface area contributed by atoms with Gasteiger partial charge in [0.1, 0.15) is 0 Å². The number of anilines is 2. The summed E-state index contributed by atoms with van der Waals surface area (Å²) in [6.07, 6.45) is 4.56. The van der Waals surface area contributed by atoms with E-state index in [9.17, 15) is 4.79 Å². The summed E-state index contributed by atoms with van der Waals surface area (Å²) in [6, 6.07) is 7.28. The summed E-state index contributed by atoms with van der Waals surface area (Å²) in [6.45, 7) is 3.43. The van der Waals surface area contributed by atoms with E-state index in [2.05, 4.69) is 23.6 Å². The molecule has 1 aliphatic rings. The van der Waals surface area contributed by atoms with E-state index in [1.165, 1.54) is 0 Å². The van der Waals surface area contributed by atoms with Gasteiger partial charge in [-0.05, 0) is 43.5 Å². The lowest BCUT2D eigenvalue weighted by molar-refractivity contribution is -0.116. The fourth-order valence-corrected chi connectivity index (χ4v) is 2.03. The number of amides is 1. The van der Waals surface area contributed by atoms with Crippen molar-refractivity contribution in [3.05, 3.63) is 35.6 Å². The molecule has 110 valence electrons. The van der Waals surface area contributed by atoms with Crippen LogP contribution in [0.1, 0.15) is 31.7 Å². The third kappa shape index (κ3) is 3.99. The van der Waals surface area contributed by atoms with Gasteiger partial charge in [-0.25, -0.2) is 0 Å². The molecular weight excluding hydrogens is 266 g/mol. The van der Waals surface area contributed by atoms with Gasteiger partial charge in [-0.2, -0.15) is 5.26 Å². The number of hydrogen-bond acceptors (Lipinski definition) is 4. The van der Waals surface area contributed by atoms with Gasteiger partial charge in [0.05, 0.1) is 29.6 Å². The molecule has 0 bridgehead atoms. The molecule has 1 aromatic carbocycles. The number of nitriles is 1. The first-order valence-corrected chi connectivity index (χ1v) is 7.17. The molecule has 2 rings (SSSR count). The Morgan fingerprint density at radius 3 is 2.95 bits per heavy atom. The molecule has 0 atom stereocenters. The zero-order valence-corrected chi connectivity index (χ0v) is 12.1. The van der Waals surface area contributed by atoms with E-state index in [-0.39, 0.29) is 5.91 Å². The second-order valence-corrected chi connectivity index (χ2v) is 4.81. The summed E-state index contributed by atoms with van der Waals surface area (Å²) in [5.41, 5.74) is 1.91. The molecule has 0 fully saturated rings. The lowest BCUT2D eigenvalue weighted by atomic mass is 10.1. The molecule has 0 spiro atoms. The van der Waals surface area contributed by atoms with Gasteiger partial charge in [0.15, 0.2) is 5.76 Å². The number of hydrogen-bond donors (Lipinski definition) is 2. The minimum Gasteiger partial charge on any atom is -0.488 e. The van der Waals surface area contributed by atoms with Crippen LogP contribution in [0.5, 0.6) is 0 Å². The lowest BCUT2D eigenvalue weighted by Crippen LogP contribution is -2.19. The Kier molecular flexibility index (Phi) is 5.22. The smallest absolute Gasteiger partial charge is 0.290 e. The van der Waals surface area contributed by atoms with Crippen LogP contribution in [-0.4, -0.2) is 19.1 Å². The highest BCUT2D eigenvalue weighted by atomic mass is 16.5. The number of benzene rings is 1. The van der Waals surface area contributed by atoms with Crippen molar-refractivity contribution in [1.82, 2.24) is 0 Å². The standard InChI is InChI=1S/C16H19N3O2/c1-2-8-18-13-7-6-12(11-17)10-14(13)19-16(20)15-5-3-4-9-21-15/h5-7,10,18H,2-4,8-9H2,1H3,(H,19,20). The minimum absolute atomic E-state index is 0.274. The maximum absolute atomic E-state index is 12.2. The van der Waals surface area contributed by atoms with Crippen LogP contribution in [0.4, 0.5) is 11.4 Å². The Morgan fingerprint density at radius 1 is 1.43 bits per heavy atom. The van der Waals surface area contributed by atoms with E-state index in [1.807, 2.05) is 0 Å². The highest BCUT2D eigenvalue weighted by molar-refractivity contribution is 6.04. The summed E-state index contributed by atoms with van der Waals surface area (Å²) in [5, 5.41) is 15.0. The number of ether oxygens (including phenoxy) is 1. The first-order chi connectivity index (χ1) is 10.2. The van der Waals surface area contributed by atoms with Crippen molar-refractivity contribution >= 4 is 17.3 Å². The SMILES string of the molecule is CCCNc1ccc(C#N)cc1NC(=O)C1=CCCCO1. The van der Waals surface area contributed by atoms with Gasteiger partial charge in [0, 0.05) is 6.54 Å². The Hall–Kier alpha value is -2.48. The predicted molar refractivity (Wildman–Crippen MR) is 81.8 cm³/mol. The van der Waals surface area contributed by atoms with Crippen molar-refractivity contribution < 1.29 is 9.53 Å². The highest BCUT2D eigenvalue weighted by Gasteiger charge is 2.15. The molecular formula is C16H19N3O2. The van der Waals surface area contributed by atoms with E-state index >= 15 is 0 Å². The van der Waals surface area contributed by atoms with Crippen molar-refractivity contribution in [2.75, 3.05) is 23.8 Å². The number of carbonyl (C=O) groups is 1. The van der Waals surface area contributed by atoms with Crippen molar-refractivity contribution in [3.8, 4) is 6.07 Å². The summed E-state index contributed by atoms with van der Waals surface area (Å²) >= 11 is 0. The Balaban J connectivity index is 2.18. The summed E-state index contributed by atoms with van der Waals surface area (Å²) < 4.78 is 5.35. The first-order valence-electron chi connectivity index (χ1n) is 7.17. The molecule has 0 saturated heterocycles. The zero-order chi connectivity index (χ0) is 15.1. The van der Waals surface area contributed by atoms with E-state index in [4.69, 9.17) is 10.00 Å². The van der Waals surface area contributed by atoms with Crippen molar-refractivity contribution in [3.63, 3.8) is 0 Å². The van der Waals surface area contributed by atoms with Gasteiger partial charge in [0.25, 0.3) is 5.91 Å². The number of allylic oxidation sites excluding steroid dienone is 1. The Bertz CT molecular complexity index is 588. The average molecular weight is 285 g/mol. The molecule has 0 saturated carbocycles. The molecule has 21 heavy (non-hydrogen) atoms. The molecule has 0 radical (unpaired) electrons. The molecule has 5 nitrogen and oxygen atoms in total. The quantitative estimate of drug-likeness (QED) is 0.872. The van der Waals surface area contributed by atoms with Crippen LogP contribution in [0.3, 0.4) is 0 Å². The summed E-state index contributed by atoms with van der Waals surface area (Å²) in [4.78, 5) is 12.2. The summed E-state index contributed by atoms with van der Waals surface area (Å²) in [5.74, 6) is 0.0781. The molecule has 1 heterocycles. The second kappa shape index (κ2) is 7.34. The van der Waals surface area contributed by atoms with Gasteiger partial charge in [-0.1, -0.05) is 6.92 Å². The first kappa shape index (κ1) is 14.9. The molecule has 1 amide bonds. The van der Waals surface area contributed by atoms with E-state index in [1.54, 1.807) is 24.3 Å². The van der Waals surface area contributed by atoms with Crippen LogP contribution < -0.4 is 10.6 Å². The third-order valence-corrected chi connectivity index (χ3v) is 3.12. The topological polar surface area (TPSA) is 74.2 Å². The van der Waals surface area contributed by atoms with Crippen LogP contribution in [-0.2, 0) is 9.53 Å². The van der Waals surface area contributed by atoms with Crippen molar-refractivity contribution in [1.29, 1.82) is 5.26 Å². The molecule has 0 aromatic heterocycles. The minimum atomic E-state index is -0.274. The van der Waals surface area contributed by atoms with Gasteiger partial charge >= 0.3 is 0 Å². The van der Waals surface area contributed by atoms with Gasteiger partial charge in [-0.3, -0.25) is 4.79 Å². The second-order valence-electron chi connectivity index (χ2n) is 4.81. The fraction of sp³-hybridized carbons (Fsp3) is 0.375. The number of carbonyl (C=O) groups excluding carboxylic acids is 1. The Labute approximate surface area is 124 Å². The lowest BCUT2D eigenvalue weighted by Gasteiger charge is -2.17. The van der Waals surface area contributed by atoms with Crippen LogP contribution in [0, 0.1) is 11.3 Å². The average Bonchev–Trinajstić information content (AvgIpc) is 2.54. The molecule has 5 heteroatoms. The number of nitrogens with zero attached hydrogens (tertiary/aromatic N) is 1. The Morgan fingerprint density at radius 2 is 2.29 bits per heavy atom. The van der Waals surface area contributed by atoms with Crippen LogP contribution in [0.25, 0.3) is 0 Å². The summed E-state index contributed by atoms with van der Waals surface area (Å²) in [7, 11) is 0. The van der Waals surface area contributed by atoms with Gasteiger partial charge in [-0.15, -0.1) is 0 Å². The maximum atomic E-state index is 12.2. The third-order valence-electron chi connectivity index (χ3n) is 3.12. The van der Waals surface area contributed by atoms with Crippen LogP contribution in [0.2, 0.25) is 0 Å². The fourth-order valence-electron chi connectivity index (χ4n) is 2.03. The zero-order valence-electron chi connectivity index (χ0n) is 12.1. The largest absolute Gasteiger partial charge is 0.488 e. The molecule has 0 unspecified atom stereocenters. The molecule has 1 aliphatic heterocycles. The highest BCUT2D eigenvalue weighted by Crippen LogP contribution is 2.24. The number of rotatable bonds is 5. The van der Waals surface area contributed by atoms with Crippen molar-refractivity contribution in [2.45, 2.75) is 26.2 Å². The van der Waals surface area contributed by atoms with Gasteiger partial charge < -0.3 is 15.4 Å².